The van der Waals surface area contributed by atoms with E-state index in [1.165, 1.54) is 12.8 Å². The summed E-state index contributed by atoms with van der Waals surface area (Å²) in [6.07, 6.45) is 6.63. The van der Waals surface area contributed by atoms with Crippen LogP contribution in [0.1, 0.15) is 80.1 Å². The Morgan fingerprint density at radius 3 is 1.67 bits per heavy atom. The molecule has 2 amide bonds. The summed E-state index contributed by atoms with van der Waals surface area (Å²) in [5.41, 5.74) is -0.577. The van der Waals surface area contributed by atoms with Gasteiger partial charge in [-0.1, -0.05) is 46.5 Å². The summed E-state index contributed by atoms with van der Waals surface area (Å²) in [5.74, 6) is 0.0770. The predicted molar refractivity (Wildman–Crippen MR) is 98.9 cm³/mol. The van der Waals surface area contributed by atoms with Crippen LogP contribution < -0.4 is 10.6 Å². The zero-order valence-corrected chi connectivity index (χ0v) is 16.6. The van der Waals surface area contributed by atoms with Crippen LogP contribution in [0, 0.1) is 5.41 Å². The number of ether oxygens (including phenoxy) is 1. The van der Waals surface area contributed by atoms with Crippen molar-refractivity contribution in [1.29, 1.82) is 0 Å². The minimum absolute atomic E-state index is 0.0421. The molecule has 0 fully saturated rings. The van der Waals surface area contributed by atoms with Crippen LogP contribution in [-0.2, 0) is 14.3 Å². The lowest BCUT2D eigenvalue weighted by molar-refractivity contribution is -0.130. The minimum Gasteiger partial charge on any atom is -0.366 e. The molecule has 0 rings (SSSR count). The van der Waals surface area contributed by atoms with Gasteiger partial charge < -0.3 is 15.4 Å². The molecule has 0 unspecified atom stereocenters. The minimum atomic E-state index is -0.303. The average Bonchev–Trinajstić information content (AvgIpc) is 2.45. The normalized spacial score (nSPS) is 12.1. The maximum absolute atomic E-state index is 11.7. The number of hydrogen-bond acceptors (Lipinski definition) is 3. The fraction of sp³-hybridized carbons (Fsp3) is 0.895. The van der Waals surface area contributed by atoms with Crippen LogP contribution in [-0.4, -0.2) is 37.1 Å². The van der Waals surface area contributed by atoms with Crippen LogP contribution in [0.15, 0.2) is 0 Å². The molecule has 0 aromatic heterocycles. The van der Waals surface area contributed by atoms with Gasteiger partial charge in [-0.15, -0.1) is 0 Å². The summed E-state index contributed by atoms with van der Waals surface area (Å²) in [5, 5.41) is 5.85. The van der Waals surface area contributed by atoms with Gasteiger partial charge in [0.1, 0.15) is 6.61 Å². The highest BCUT2D eigenvalue weighted by molar-refractivity contribution is 5.81. The van der Waals surface area contributed by atoms with Crippen molar-refractivity contribution in [3.05, 3.63) is 0 Å². The second-order valence-electron chi connectivity index (χ2n) is 8.38. The van der Waals surface area contributed by atoms with Crippen molar-refractivity contribution >= 4 is 11.8 Å². The van der Waals surface area contributed by atoms with E-state index in [9.17, 15) is 9.59 Å². The van der Waals surface area contributed by atoms with Crippen molar-refractivity contribution in [2.24, 2.45) is 5.41 Å². The summed E-state index contributed by atoms with van der Waals surface area (Å²) < 4.78 is 5.42. The lowest BCUT2D eigenvalue weighted by Gasteiger charge is -2.18. The van der Waals surface area contributed by atoms with Crippen LogP contribution in [0.25, 0.3) is 0 Å². The third kappa shape index (κ3) is 14.5. The van der Waals surface area contributed by atoms with Crippen LogP contribution in [0.4, 0.5) is 0 Å². The summed E-state index contributed by atoms with van der Waals surface area (Å²) in [7, 11) is 0. The number of nitrogens with one attached hydrogen (secondary N) is 2. The van der Waals surface area contributed by atoms with E-state index in [0.29, 0.717) is 6.54 Å². The van der Waals surface area contributed by atoms with E-state index in [4.69, 9.17) is 4.74 Å². The number of carbonyl (C=O) groups is 2. The summed E-state index contributed by atoms with van der Waals surface area (Å²) >= 11 is 0. The highest BCUT2D eigenvalue weighted by atomic mass is 16.5. The number of carbonyl (C=O) groups excluding carboxylic acids is 2. The van der Waals surface area contributed by atoms with E-state index in [0.717, 1.165) is 32.2 Å². The predicted octanol–water partition coefficient (Wildman–Crippen LogP) is 3.42. The van der Waals surface area contributed by atoms with Crippen molar-refractivity contribution < 1.29 is 14.3 Å². The third-order valence-electron chi connectivity index (χ3n) is 3.53. The highest BCUT2D eigenvalue weighted by Crippen LogP contribution is 2.12. The molecule has 0 aromatic rings. The van der Waals surface area contributed by atoms with Gasteiger partial charge in [0.2, 0.25) is 11.8 Å². The maximum atomic E-state index is 11.7. The molecule has 0 radical (unpaired) electrons. The van der Waals surface area contributed by atoms with E-state index >= 15 is 0 Å². The Bertz CT molecular complexity index is 368. The van der Waals surface area contributed by atoms with Crippen molar-refractivity contribution in [1.82, 2.24) is 10.6 Å². The van der Waals surface area contributed by atoms with Gasteiger partial charge >= 0.3 is 0 Å². The molecule has 0 aliphatic heterocycles. The summed E-state index contributed by atoms with van der Waals surface area (Å²) in [6, 6.07) is 0. The van der Waals surface area contributed by atoms with Gasteiger partial charge in [-0.05, 0) is 33.6 Å². The second-order valence-corrected chi connectivity index (χ2v) is 8.38. The van der Waals surface area contributed by atoms with Crippen molar-refractivity contribution in [2.45, 2.75) is 85.7 Å². The van der Waals surface area contributed by atoms with Gasteiger partial charge in [-0.2, -0.15) is 0 Å². The van der Waals surface area contributed by atoms with Crippen LogP contribution in [0.2, 0.25) is 0 Å². The van der Waals surface area contributed by atoms with Crippen molar-refractivity contribution in [3.63, 3.8) is 0 Å². The van der Waals surface area contributed by atoms with E-state index in [1.54, 1.807) is 0 Å². The Kier molecular flexibility index (Phi) is 10.9. The van der Waals surface area contributed by atoms with Crippen molar-refractivity contribution in [3.8, 4) is 0 Å². The first kappa shape index (κ1) is 22.9. The summed E-state index contributed by atoms with van der Waals surface area (Å²) in [6.45, 7) is 13.2. The molecule has 0 saturated carbocycles. The Balaban J connectivity index is 3.37. The van der Waals surface area contributed by atoms with Gasteiger partial charge in [-0.25, -0.2) is 0 Å². The van der Waals surface area contributed by atoms with Crippen LogP contribution in [0.5, 0.6) is 0 Å². The molecule has 0 bridgehead atoms. The topological polar surface area (TPSA) is 67.4 Å². The quantitative estimate of drug-likeness (QED) is 0.565. The van der Waals surface area contributed by atoms with E-state index in [-0.39, 0.29) is 29.4 Å². The molecule has 0 spiro atoms. The zero-order chi connectivity index (χ0) is 18.6. The molecular weight excluding hydrogens is 304 g/mol. The number of rotatable bonds is 11. The standard InChI is InChI=1S/C19H38N2O3/c1-18(2,3)17(23)21-14-12-10-8-7-9-11-13-20-16(22)15-24-19(4,5)6/h7-15H2,1-6H3,(H,20,22)(H,21,23). The molecule has 5 heteroatoms. The highest BCUT2D eigenvalue weighted by Gasteiger charge is 2.20. The molecule has 24 heavy (non-hydrogen) atoms. The monoisotopic (exact) mass is 342 g/mol. The molecule has 0 heterocycles. The molecule has 5 nitrogen and oxygen atoms in total. The number of unbranched alkanes of at least 4 members (excludes halogenated alkanes) is 5. The van der Waals surface area contributed by atoms with Gasteiger partial charge in [0, 0.05) is 18.5 Å². The van der Waals surface area contributed by atoms with E-state index in [2.05, 4.69) is 10.6 Å². The second kappa shape index (κ2) is 11.5. The van der Waals surface area contributed by atoms with Gasteiger partial charge in [-0.3, -0.25) is 9.59 Å². The van der Waals surface area contributed by atoms with E-state index in [1.807, 2.05) is 41.5 Å². The first-order chi connectivity index (χ1) is 11.0. The first-order valence-corrected chi connectivity index (χ1v) is 9.21. The SMILES string of the molecule is CC(C)(C)OCC(=O)NCCCCCCCCNC(=O)C(C)(C)C. The molecule has 0 aliphatic carbocycles. The molecule has 142 valence electrons. The first-order valence-electron chi connectivity index (χ1n) is 9.21. The fourth-order valence-electron chi connectivity index (χ4n) is 1.99. The lowest BCUT2D eigenvalue weighted by Crippen LogP contribution is -2.35. The smallest absolute Gasteiger partial charge is 0.246 e. The Morgan fingerprint density at radius 1 is 0.750 bits per heavy atom. The van der Waals surface area contributed by atoms with Crippen LogP contribution >= 0.6 is 0 Å². The van der Waals surface area contributed by atoms with Gasteiger partial charge in [0.05, 0.1) is 5.60 Å². The molecular formula is C19H38N2O3. The fourth-order valence-corrected chi connectivity index (χ4v) is 1.99. The van der Waals surface area contributed by atoms with Crippen LogP contribution in [0.3, 0.4) is 0 Å². The Labute approximate surface area is 148 Å². The maximum Gasteiger partial charge on any atom is 0.246 e. The van der Waals surface area contributed by atoms with Crippen molar-refractivity contribution in [2.75, 3.05) is 19.7 Å². The molecule has 0 saturated heterocycles. The zero-order valence-electron chi connectivity index (χ0n) is 16.6. The Morgan fingerprint density at radius 2 is 1.21 bits per heavy atom. The van der Waals surface area contributed by atoms with Gasteiger partial charge in [0.25, 0.3) is 0 Å². The third-order valence-corrected chi connectivity index (χ3v) is 3.53. The average molecular weight is 343 g/mol. The molecule has 0 aromatic carbocycles. The molecule has 2 N–H and O–H groups in total. The lowest BCUT2D eigenvalue weighted by atomic mass is 9.96. The number of hydrogen-bond donors (Lipinski definition) is 2. The van der Waals surface area contributed by atoms with E-state index < -0.39 is 0 Å². The number of amides is 2. The molecule has 0 aliphatic rings. The Hall–Kier alpha value is -1.10. The molecule has 0 atom stereocenters. The van der Waals surface area contributed by atoms with Gasteiger partial charge in [0.15, 0.2) is 0 Å². The summed E-state index contributed by atoms with van der Waals surface area (Å²) in [4.78, 5) is 23.2. The largest absolute Gasteiger partial charge is 0.366 e.